The number of rotatable bonds is 3. The summed E-state index contributed by atoms with van der Waals surface area (Å²) in [6.07, 6.45) is 2.36. The van der Waals surface area contributed by atoms with Gasteiger partial charge in [-0.15, -0.1) is 0 Å². The second-order valence-electron chi connectivity index (χ2n) is 5.87. The van der Waals surface area contributed by atoms with Gasteiger partial charge in [0.1, 0.15) is 0 Å². The number of nitrogens with one attached hydrogen (secondary N) is 1. The fraction of sp³-hybridized carbons (Fsp3) is 0.600. The number of hydrogen-bond donors (Lipinski definition) is 2. The van der Waals surface area contributed by atoms with Crippen LogP contribution >= 0.6 is 0 Å². The topological polar surface area (TPSA) is 32.3 Å². The summed E-state index contributed by atoms with van der Waals surface area (Å²) in [4.78, 5) is 0. The van der Waals surface area contributed by atoms with Crippen LogP contribution in [0.3, 0.4) is 0 Å². The third-order valence-corrected chi connectivity index (χ3v) is 3.91. The van der Waals surface area contributed by atoms with E-state index in [4.69, 9.17) is 0 Å². The standard InChI is InChI=1S/C15H23NO/c1-11(10-17)16-14-13-7-5-4-6-12(13)8-9-15(14,2)3/h4-7,11,14,16-17H,8-10H2,1-3H3/t11-,14?/m1/s1. The molecule has 1 aromatic rings. The van der Waals surface area contributed by atoms with Gasteiger partial charge in [0, 0.05) is 12.1 Å². The van der Waals surface area contributed by atoms with Crippen LogP contribution < -0.4 is 5.32 Å². The Morgan fingerprint density at radius 1 is 1.41 bits per heavy atom. The summed E-state index contributed by atoms with van der Waals surface area (Å²) in [6.45, 7) is 6.84. The zero-order valence-corrected chi connectivity index (χ0v) is 11.0. The molecular weight excluding hydrogens is 210 g/mol. The lowest BCUT2D eigenvalue weighted by Gasteiger charge is -2.42. The van der Waals surface area contributed by atoms with Gasteiger partial charge in [-0.05, 0) is 36.3 Å². The summed E-state index contributed by atoms with van der Waals surface area (Å²) in [7, 11) is 0. The van der Waals surface area contributed by atoms with Gasteiger partial charge in [-0.3, -0.25) is 0 Å². The first kappa shape index (κ1) is 12.6. The van der Waals surface area contributed by atoms with Gasteiger partial charge in [0.05, 0.1) is 6.61 Å². The molecule has 1 aliphatic rings. The summed E-state index contributed by atoms with van der Waals surface area (Å²) in [5.74, 6) is 0. The molecule has 2 atom stereocenters. The van der Waals surface area contributed by atoms with Crippen LogP contribution in [0.5, 0.6) is 0 Å². The maximum atomic E-state index is 9.22. The van der Waals surface area contributed by atoms with Crippen LogP contribution in [0.4, 0.5) is 0 Å². The van der Waals surface area contributed by atoms with Gasteiger partial charge in [-0.1, -0.05) is 38.1 Å². The van der Waals surface area contributed by atoms with Crippen LogP contribution in [0.1, 0.15) is 44.4 Å². The lowest BCUT2D eigenvalue weighted by atomic mass is 9.70. The molecule has 0 spiro atoms. The number of aryl methyl sites for hydroxylation is 1. The molecule has 1 aromatic carbocycles. The molecule has 0 radical (unpaired) electrons. The van der Waals surface area contributed by atoms with Gasteiger partial charge < -0.3 is 10.4 Å². The minimum atomic E-state index is 0.144. The van der Waals surface area contributed by atoms with E-state index >= 15 is 0 Å². The quantitative estimate of drug-likeness (QED) is 0.841. The van der Waals surface area contributed by atoms with E-state index in [1.165, 1.54) is 17.5 Å². The Hall–Kier alpha value is -0.860. The zero-order chi connectivity index (χ0) is 12.5. The first-order valence-corrected chi connectivity index (χ1v) is 6.49. The van der Waals surface area contributed by atoms with Crippen LogP contribution in [0.15, 0.2) is 24.3 Å². The van der Waals surface area contributed by atoms with Gasteiger partial charge in [-0.25, -0.2) is 0 Å². The van der Waals surface area contributed by atoms with Gasteiger partial charge in [0.25, 0.3) is 0 Å². The molecule has 0 amide bonds. The minimum absolute atomic E-state index is 0.144. The fourth-order valence-corrected chi connectivity index (χ4v) is 2.72. The molecule has 2 nitrogen and oxygen atoms in total. The van der Waals surface area contributed by atoms with E-state index in [0.29, 0.717) is 6.04 Å². The van der Waals surface area contributed by atoms with E-state index < -0.39 is 0 Å². The Bertz CT molecular complexity index is 386. The average molecular weight is 233 g/mol. The van der Waals surface area contributed by atoms with Crippen molar-refractivity contribution in [2.45, 2.75) is 45.7 Å². The smallest absolute Gasteiger partial charge is 0.0582 e. The minimum Gasteiger partial charge on any atom is -0.395 e. The highest BCUT2D eigenvalue weighted by Gasteiger charge is 2.35. The van der Waals surface area contributed by atoms with E-state index in [1.807, 2.05) is 6.92 Å². The van der Waals surface area contributed by atoms with E-state index in [2.05, 4.69) is 43.4 Å². The highest BCUT2D eigenvalue weighted by Crippen LogP contribution is 2.43. The second-order valence-corrected chi connectivity index (χ2v) is 5.87. The molecule has 1 aliphatic carbocycles. The number of aliphatic hydroxyl groups is 1. The van der Waals surface area contributed by atoms with Crippen LogP contribution in [0.2, 0.25) is 0 Å². The van der Waals surface area contributed by atoms with Crippen molar-refractivity contribution in [3.63, 3.8) is 0 Å². The van der Waals surface area contributed by atoms with Crippen molar-refractivity contribution in [2.75, 3.05) is 6.61 Å². The molecule has 0 saturated heterocycles. The average Bonchev–Trinajstić information content (AvgIpc) is 2.32. The molecule has 2 rings (SSSR count). The Kier molecular flexibility index (Phi) is 3.55. The number of aliphatic hydroxyl groups excluding tert-OH is 1. The maximum Gasteiger partial charge on any atom is 0.0582 e. The van der Waals surface area contributed by atoms with E-state index in [1.54, 1.807) is 0 Å². The Labute approximate surface area is 104 Å². The lowest BCUT2D eigenvalue weighted by molar-refractivity contribution is 0.167. The third kappa shape index (κ3) is 2.53. The molecule has 1 unspecified atom stereocenters. The molecule has 0 bridgehead atoms. The molecular formula is C15H23NO. The molecule has 0 saturated carbocycles. The third-order valence-electron chi connectivity index (χ3n) is 3.91. The van der Waals surface area contributed by atoms with Crippen LogP contribution in [0, 0.1) is 5.41 Å². The molecule has 2 heteroatoms. The highest BCUT2D eigenvalue weighted by atomic mass is 16.3. The second kappa shape index (κ2) is 4.79. The summed E-state index contributed by atoms with van der Waals surface area (Å²) >= 11 is 0. The Morgan fingerprint density at radius 3 is 2.82 bits per heavy atom. The zero-order valence-electron chi connectivity index (χ0n) is 11.0. The van der Waals surface area contributed by atoms with Crippen molar-refractivity contribution in [1.82, 2.24) is 5.32 Å². The van der Waals surface area contributed by atoms with Crippen molar-refractivity contribution in [3.8, 4) is 0 Å². The lowest BCUT2D eigenvalue weighted by Crippen LogP contribution is -2.43. The first-order valence-electron chi connectivity index (χ1n) is 6.49. The van der Waals surface area contributed by atoms with Crippen molar-refractivity contribution in [1.29, 1.82) is 0 Å². The van der Waals surface area contributed by atoms with Crippen molar-refractivity contribution in [3.05, 3.63) is 35.4 Å². The normalized spacial score (nSPS) is 24.1. The van der Waals surface area contributed by atoms with Crippen LogP contribution in [0.25, 0.3) is 0 Å². The number of benzene rings is 1. The molecule has 2 N–H and O–H groups in total. The van der Waals surface area contributed by atoms with Gasteiger partial charge in [0.2, 0.25) is 0 Å². The molecule has 94 valence electrons. The summed E-state index contributed by atoms with van der Waals surface area (Å²) in [6, 6.07) is 9.16. The Balaban J connectivity index is 2.32. The predicted molar refractivity (Wildman–Crippen MR) is 71.0 cm³/mol. The van der Waals surface area contributed by atoms with Crippen molar-refractivity contribution in [2.24, 2.45) is 5.41 Å². The number of hydrogen-bond acceptors (Lipinski definition) is 2. The molecule has 0 aliphatic heterocycles. The fourth-order valence-electron chi connectivity index (χ4n) is 2.72. The molecule has 17 heavy (non-hydrogen) atoms. The van der Waals surface area contributed by atoms with E-state index in [9.17, 15) is 5.11 Å². The maximum absolute atomic E-state index is 9.22. The van der Waals surface area contributed by atoms with Crippen molar-refractivity contribution < 1.29 is 5.11 Å². The summed E-state index contributed by atoms with van der Waals surface area (Å²) in [5, 5.41) is 12.8. The van der Waals surface area contributed by atoms with E-state index in [-0.39, 0.29) is 18.1 Å². The molecule has 0 fully saturated rings. The molecule has 0 aromatic heterocycles. The van der Waals surface area contributed by atoms with Crippen LogP contribution in [-0.4, -0.2) is 17.8 Å². The molecule has 0 heterocycles. The summed E-state index contributed by atoms with van der Waals surface area (Å²) < 4.78 is 0. The largest absolute Gasteiger partial charge is 0.395 e. The first-order chi connectivity index (χ1) is 8.04. The van der Waals surface area contributed by atoms with Gasteiger partial charge in [0.15, 0.2) is 0 Å². The van der Waals surface area contributed by atoms with Crippen molar-refractivity contribution >= 4 is 0 Å². The van der Waals surface area contributed by atoms with Crippen LogP contribution in [-0.2, 0) is 6.42 Å². The predicted octanol–water partition coefficient (Wildman–Crippen LogP) is 2.67. The summed E-state index contributed by atoms with van der Waals surface area (Å²) in [5.41, 5.74) is 3.11. The van der Waals surface area contributed by atoms with Gasteiger partial charge >= 0.3 is 0 Å². The SMILES string of the molecule is C[C@H](CO)NC1c2ccccc2CCC1(C)C. The monoisotopic (exact) mass is 233 g/mol. The Morgan fingerprint density at radius 2 is 2.12 bits per heavy atom. The number of fused-ring (bicyclic) bond motifs is 1. The van der Waals surface area contributed by atoms with E-state index in [0.717, 1.165) is 6.42 Å². The highest BCUT2D eigenvalue weighted by molar-refractivity contribution is 5.34. The van der Waals surface area contributed by atoms with Gasteiger partial charge in [-0.2, -0.15) is 0 Å².